The van der Waals surface area contributed by atoms with Crippen LogP contribution in [0.5, 0.6) is 0 Å². The second kappa shape index (κ2) is 8.39. The lowest BCUT2D eigenvalue weighted by Gasteiger charge is -2.19. The summed E-state index contributed by atoms with van der Waals surface area (Å²) in [4.78, 5) is 30.6. The third kappa shape index (κ3) is 3.97. The van der Waals surface area contributed by atoms with Gasteiger partial charge in [-0.2, -0.15) is 0 Å². The topological polar surface area (TPSA) is 59.1 Å². The molecular weight excluding hydrogens is 360 g/mol. The Bertz CT molecular complexity index is 1060. The van der Waals surface area contributed by atoms with Crippen molar-refractivity contribution >= 4 is 11.7 Å². The predicted molar refractivity (Wildman–Crippen MR) is 115 cm³/mol. The number of hydrogen-bond acceptors (Lipinski definition) is 3. The van der Waals surface area contributed by atoms with Crippen molar-refractivity contribution in [1.82, 2.24) is 10.3 Å². The highest BCUT2D eigenvalue weighted by Gasteiger charge is 2.23. The van der Waals surface area contributed by atoms with Crippen molar-refractivity contribution in [2.75, 3.05) is 0 Å². The Labute approximate surface area is 172 Å². The van der Waals surface area contributed by atoms with Gasteiger partial charge in [-0.1, -0.05) is 24.3 Å². The van der Waals surface area contributed by atoms with E-state index in [1.807, 2.05) is 45.9 Å². The lowest BCUT2D eigenvalue weighted by atomic mass is 9.85. The molecule has 1 N–H and O–H groups in total. The first-order valence-corrected chi connectivity index (χ1v) is 9.71. The largest absolute Gasteiger partial charge is 0.346 e. The van der Waals surface area contributed by atoms with Crippen molar-refractivity contribution < 1.29 is 9.59 Å². The van der Waals surface area contributed by atoms with Gasteiger partial charge in [0.15, 0.2) is 5.78 Å². The van der Waals surface area contributed by atoms with Crippen LogP contribution in [0, 0.1) is 34.6 Å². The highest BCUT2D eigenvalue weighted by molar-refractivity contribution is 6.16. The van der Waals surface area contributed by atoms with E-state index in [1.165, 1.54) is 5.56 Å². The fourth-order valence-electron chi connectivity index (χ4n) is 3.62. The first kappa shape index (κ1) is 20.5. The standard InChI is InChI=1S/C25H26N2O2/c1-15-16(2)18(4)23(19(5)17(15)3)24(28)21-11-6-7-12-22(21)25(29)27-14-20-10-8-9-13-26-20/h6-13H,14H2,1-5H3,(H,27,29). The quantitative estimate of drug-likeness (QED) is 0.642. The molecule has 0 atom stereocenters. The van der Waals surface area contributed by atoms with Crippen LogP contribution in [0.1, 0.15) is 59.8 Å². The average Bonchev–Trinajstić information content (AvgIpc) is 2.75. The predicted octanol–water partition coefficient (Wildman–Crippen LogP) is 4.78. The number of hydrogen-bond donors (Lipinski definition) is 1. The number of nitrogens with zero attached hydrogens (tertiary/aromatic N) is 1. The molecule has 1 aromatic heterocycles. The smallest absolute Gasteiger partial charge is 0.252 e. The second-order valence-corrected chi connectivity index (χ2v) is 7.38. The van der Waals surface area contributed by atoms with E-state index in [2.05, 4.69) is 17.2 Å². The minimum Gasteiger partial charge on any atom is -0.346 e. The zero-order valence-corrected chi connectivity index (χ0v) is 17.6. The maximum atomic E-state index is 13.5. The van der Waals surface area contributed by atoms with Gasteiger partial charge in [-0.25, -0.2) is 0 Å². The minimum atomic E-state index is -0.282. The van der Waals surface area contributed by atoms with E-state index in [4.69, 9.17) is 0 Å². The molecule has 0 aliphatic rings. The number of aromatic nitrogens is 1. The van der Waals surface area contributed by atoms with Crippen molar-refractivity contribution in [2.24, 2.45) is 0 Å². The molecular formula is C25H26N2O2. The molecule has 4 heteroatoms. The molecule has 1 amide bonds. The molecule has 29 heavy (non-hydrogen) atoms. The summed E-state index contributed by atoms with van der Waals surface area (Å²) >= 11 is 0. The highest BCUT2D eigenvalue weighted by Crippen LogP contribution is 2.28. The molecule has 0 aliphatic heterocycles. The monoisotopic (exact) mass is 386 g/mol. The average molecular weight is 386 g/mol. The van der Waals surface area contributed by atoms with Crippen LogP contribution >= 0.6 is 0 Å². The highest BCUT2D eigenvalue weighted by atomic mass is 16.2. The summed E-state index contributed by atoms with van der Waals surface area (Å²) in [6.07, 6.45) is 1.69. The second-order valence-electron chi connectivity index (χ2n) is 7.38. The van der Waals surface area contributed by atoms with Crippen molar-refractivity contribution in [2.45, 2.75) is 41.2 Å². The summed E-state index contributed by atoms with van der Waals surface area (Å²) in [6, 6.07) is 12.5. The van der Waals surface area contributed by atoms with Crippen LogP contribution in [-0.2, 0) is 6.54 Å². The van der Waals surface area contributed by atoms with Crippen molar-refractivity contribution in [3.8, 4) is 0 Å². The first-order valence-electron chi connectivity index (χ1n) is 9.71. The van der Waals surface area contributed by atoms with Crippen LogP contribution < -0.4 is 5.32 Å². The lowest BCUT2D eigenvalue weighted by molar-refractivity contribution is 0.0939. The van der Waals surface area contributed by atoms with Gasteiger partial charge in [-0.3, -0.25) is 14.6 Å². The van der Waals surface area contributed by atoms with E-state index in [-0.39, 0.29) is 11.7 Å². The van der Waals surface area contributed by atoms with E-state index in [1.54, 1.807) is 30.5 Å². The third-order valence-electron chi connectivity index (χ3n) is 5.80. The summed E-state index contributed by atoms with van der Waals surface area (Å²) < 4.78 is 0. The van der Waals surface area contributed by atoms with Gasteiger partial charge < -0.3 is 5.32 Å². The summed E-state index contributed by atoms with van der Waals surface area (Å²) in [5.74, 6) is -0.398. The summed E-state index contributed by atoms with van der Waals surface area (Å²) in [5, 5.41) is 2.87. The van der Waals surface area contributed by atoms with E-state index in [9.17, 15) is 9.59 Å². The Hall–Kier alpha value is -3.27. The molecule has 0 fully saturated rings. The molecule has 0 unspecified atom stereocenters. The van der Waals surface area contributed by atoms with Crippen LogP contribution in [0.2, 0.25) is 0 Å². The number of rotatable bonds is 5. The van der Waals surface area contributed by atoms with Gasteiger partial charge in [0.05, 0.1) is 17.8 Å². The first-order chi connectivity index (χ1) is 13.8. The Kier molecular flexibility index (Phi) is 5.92. The number of ketones is 1. The molecule has 0 radical (unpaired) electrons. The van der Waals surface area contributed by atoms with E-state index in [0.717, 1.165) is 27.9 Å². The van der Waals surface area contributed by atoms with E-state index >= 15 is 0 Å². The Morgan fingerprint density at radius 1 is 0.759 bits per heavy atom. The van der Waals surface area contributed by atoms with Crippen molar-refractivity contribution in [3.05, 3.63) is 98.9 Å². The van der Waals surface area contributed by atoms with Crippen LogP contribution in [0.15, 0.2) is 48.7 Å². The van der Waals surface area contributed by atoms with Gasteiger partial charge in [-0.05, 0) is 80.6 Å². The number of carbonyl (C=O) groups excluding carboxylic acids is 2. The Morgan fingerprint density at radius 3 is 1.90 bits per heavy atom. The molecule has 2 aromatic carbocycles. The Morgan fingerprint density at radius 2 is 1.31 bits per heavy atom. The molecule has 0 saturated heterocycles. The van der Waals surface area contributed by atoms with E-state index in [0.29, 0.717) is 23.2 Å². The van der Waals surface area contributed by atoms with Crippen LogP contribution in [0.3, 0.4) is 0 Å². The number of carbonyl (C=O) groups is 2. The maximum absolute atomic E-state index is 13.5. The number of pyridine rings is 1. The molecule has 0 bridgehead atoms. The Balaban J connectivity index is 1.97. The van der Waals surface area contributed by atoms with Crippen LogP contribution in [-0.4, -0.2) is 16.7 Å². The fourth-order valence-corrected chi connectivity index (χ4v) is 3.62. The van der Waals surface area contributed by atoms with Crippen molar-refractivity contribution in [3.63, 3.8) is 0 Å². The van der Waals surface area contributed by atoms with Crippen molar-refractivity contribution in [1.29, 1.82) is 0 Å². The molecule has 4 nitrogen and oxygen atoms in total. The number of nitrogens with one attached hydrogen (secondary N) is 1. The van der Waals surface area contributed by atoms with Gasteiger partial charge >= 0.3 is 0 Å². The van der Waals surface area contributed by atoms with Gasteiger partial charge in [0.25, 0.3) is 5.91 Å². The molecule has 148 valence electrons. The molecule has 3 aromatic rings. The third-order valence-corrected chi connectivity index (χ3v) is 5.80. The van der Waals surface area contributed by atoms with Crippen LogP contribution in [0.4, 0.5) is 0 Å². The number of amides is 1. The zero-order chi connectivity index (χ0) is 21.1. The molecule has 1 heterocycles. The van der Waals surface area contributed by atoms with Gasteiger partial charge in [0.2, 0.25) is 0 Å². The number of benzene rings is 2. The molecule has 0 aliphatic carbocycles. The van der Waals surface area contributed by atoms with E-state index < -0.39 is 0 Å². The molecule has 0 spiro atoms. The summed E-state index contributed by atoms with van der Waals surface area (Å²) in [7, 11) is 0. The minimum absolute atomic E-state index is 0.116. The SMILES string of the molecule is Cc1c(C)c(C)c(C(=O)c2ccccc2C(=O)NCc2ccccn2)c(C)c1C. The lowest BCUT2D eigenvalue weighted by Crippen LogP contribution is -2.25. The molecule has 0 saturated carbocycles. The van der Waals surface area contributed by atoms with Gasteiger partial charge in [-0.15, -0.1) is 0 Å². The van der Waals surface area contributed by atoms with Crippen LogP contribution in [0.25, 0.3) is 0 Å². The summed E-state index contributed by atoms with van der Waals surface area (Å²) in [5.41, 5.74) is 7.64. The normalized spacial score (nSPS) is 10.7. The fraction of sp³-hybridized carbons (Fsp3) is 0.240. The maximum Gasteiger partial charge on any atom is 0.252 e. The zero-order valence-electron chi connectivity index (χ0n) is 17.6. The van der Waals surface area contributed by atoms with Gasteiger partial charge in [0.1, 0.15) is 0 Å². The summed E-state index contributed by atoms with van der Waals surface area (Å²) in [6.45, 7) is 10.4. The molecule has 3 rings (SSSR count). The van der Waals surface area contributed by atoms with Gasteiger partial charge in [0, 0.05) is 17.3 Å².